The minimum Gasteiger partial charge on any atom is -0.497 e. The van der Waals surface area contributed by atoms with Gasteiger partial charge >= 0.3 is 12.1 Å². The molecule has 264 valence electrons. The zero-order valence-electron chi connectivity index (χ0n) is 26.6. The number of carbonyl (C=O) groups excluding carboxylic acids is 4. The van der Waals surface area contributed by atoms with Gasteiger partial charge in [-0.2, -0.15) is 0 Å². The first kappa shape index (κ1) is 37.9. The van der Waals surface area contributed by atoms with E-state index >= 15 is 0 Å². The topological polar surface area (TPSA) is 188 Å². The number of esters is 1. The van der Waals surface area contributed by atoms with E-state index in [2.05, 4.69) is 10.6 Å². The van der Waals surface area contributed by atoms with Crippen molar-refractivity contribution in [1.82, 2.24) is 15.2 Å². The van der Waals surface area contributed by atoms with Gasteiger partial charge in [0.05, 0.1) is 29.3 Å². The average molecular weight is 750 g/mol. The number of alkyl halides is 2. The Morgan fingerprint density at radius 1 is 1.02 bits per heavy atom. The van der Waals surface area contributed by atoms with Gasteiger partial charge in [0, 0.05) is 41.1 Å². The highest BCUT2D eigenvalue weighted by Crippen LogP contribution is 2.36. The number of aromatic nitrogens is 1. The molecule has 0 aliphatic carbocycles. The number of halogens is 3. The van der Waals surface area contributed by atoms with Gasteiger partial charge in [-0.15, -0.1) is 0 Å². The number of amides is 2. The molecule has 0 aliphatic rings. The summed E-state index contributed by atoms with van der Waals surface area (Å²) in [6.45, 7) is 1.11. The minimum absolute atomic E-state index is 0.00901. The third kappa shape index (κ3) is 9.41. The highest BCUT2D eigenvalue weighted by molar-refractivity contribution is 6.53. The van der Waals surface area contributed by atoms with Crippen molar-refractivity contribution >= 4 is 75.3 Å². The minimum atomic E-state index is -1.48. The summed E-state index contributed by atoms with van der Waals surface area (Å²) in [5, 5.41) is 27.5. The molecule has 0 bridgehead atoms. The van der Waals surface area contributed by atoms with Crippen molar-refractivity contribution in [1.29, 1.82) is 0 Å². The second-order valence-corrected chi connectivity index (χ2v) is 12.3. The molecule has 4 aromatic rings. The summed E-state index contributed by atoms with van der Waals surface area (Å²) >= 11 is 17.2. The number of nitrogens with zero attached hydrogens (tertiary/aromatic N) is 2. The smallest absolute Gasteiger partial charge is 0.407 e. The number of hydrogen-bond donors (Lipinski definition) is 3. The first-order chi connectivity index (χ1) is 23.8. The zero-order valence-corrected chi connectivity index (χ0v) is 28.8. The zero-order chi connectivity index (χ0) is 36.5. The molecular formula is C33H31Cl3N4O10. The van der Waals surface area contributed by atoms with E-state index in [-0.39, 0.29) is 42.3 Å². The number of methoxy groups -OCH3 is 1. The quantitative estimate of drug-likeness (QED) is 0.0478. The molecule has 1 heterocycles. The number of ether oxygens (including phenoxy) is 3. The molecule has 14 nitrogen and oxygen atoms in total. The normalized spacial score (nSPS) is 12.2. The molecule has 0 saturated carbocycles. The van der Waals surface area contributed by atoms with Crippen LogP contribution in [-0.2, 0) is 14.3 Å². The van der Waals surface area contributed by atoms with Gasteiger partial charge in [-0.25, -0.2) is 4.79 Å². The number of alkyl carbamates (subject to hydrolysis) is 1. The number of benzene rings is 3. The van der Waals surface area contributed by atoms with Crippen LogP contribution in [0.1, 0.15) is 40.6 Å². The van der Waals surface area contributed by atoms with Crippen LogP contribution in [0.15, 0.2) is 66.7 Å². The van der Waals surface area contributed by atoms with Crippen LogP contribution in [0.3, 0.4) is 0 Å². The number of non-ortho nitro benzene ring substituents is 1. The Balaban J connectivity index is 1.35. The second-order valence-electron chi connectivity index (χ2n) is 10.8. The van der Waals surface area contributed by atoms with Gasteiger partial charge in [-0.1, -0.05) is 34.8 Å². The Hall–Kier alpha value is -4.89. The van der Waals surface area contributed by atoms with Crippen LogP contribution in [0.25, 0.3) is 10.9 Å². The lowest BCUT2D eigenvalue weighted by atomic mass is 10.0. The van der Waals surface area contributed by atoms with Crippen LogP contribution in [0.5, 0.6) is 11.5 Å². The number of nitrogens with one attached hydrogen (secondary N) is 2. The lowest BCUT2D eigenvalue weighted by Gasteiger charge is -2.24. The van der Waals surface area contributed by atoms with Crippen LogP contribution in [-0.4, -0.2) is 69.6 Å². The average Bonchev–Trinajstić information content (AvgIpc) is 3.37. The Labute approximate surface area is 300 Å². The fourth-order valence-electron chi connectivity index (χ4n) is 4.90. The van der Waals surface area contributed by atoms with E-state index in [1.807, 2.05) is 0 Å². The van der Waals surface area contributed by atoms with Gasteiger partial charge in [-0.3, -0.25) is 29.1 Å². The van der Waals surface area contributed by atoms with E-state index < -0.39 is 46.5 Å². The first-order valence-corrected chi connectivity index (χ1v) is 16.2. The lowest BCUT2D eigenvalue weighted by molar-refractivity contribution is -0.384. The maximum atomic E-state index is 13.5. The van der Waals surface area contributed by atoms with Crippen molar-refractivity contribution in [2.75, 3.05) is 20.3 Å². The summed E-state index contributed by atoms with van der Waals surface area (Å²) in [5.74, 6) is -1.19. The summed E-state index contributed by atoms with van der Waals surface area (Å²) in [4.78, 5) is 59.7. The molecule has 17 heteroatoms. The number of aliphatic hydroxyl groups is 1. The number of aliphatic hydroxyl groups excluding tert-OH is 1. The lowest BCUT2D eigenvalue weighted by Crippen LogP contribution is -2.45. The van der Waals surface area contributed by atoms with Crippen LogP contribution in [0.2, 0.25) is 5.02 Å². The van der Waals surface area contributed by atoms with Crippen molar-refractivity contribution < 1.29 is 43.4 Å². The maximum Gasteiger partial charge on any atom is 0.407 e. The predicted molar refractivity (Wildman–Crippen MR) is 184 cm³/mol. The molecule has 3 aromatic carbocycles. The predicted octanol–water partition coefficient (Wildman–Crippen LogP) is 5.64. The van der Waals surface area contributed by atoms with Crippen LogP contribution >= 0.6 is 34.8 Å². The van der Waals surface area contributed by atoms with E-state index in [0.717, 1.165) is 0 Å². The molecule has 4 rings (SSSR count). The van der Waals surface area contributed by atoms with Gasteiger partial charge in [0.25, 0.3) is 17.5 Å². The van der Waals surface area contributed by atoms with E-state index in [9.17, 15) is 34.4 Å². The second kappa shape index (κ2) is 17.2. The number of nitro groups is 1. The summed E-state index contributed by atoms with van der Waals surface area (Å²) in [6, 6.07) is 15.1. The largest absolute Gasteiger partial charge is 0.497 e. The molecule has 3 N–H and O–H groups in total. The third-order valence-electron chi connectivity index (χ3n) is 7.44. The fourth-order valence-corrected chi connectivity index (χ4v) is 5.15. The van der Waals surface area contributed by atoms with E-state index in [1.54, 1.807) is 49.4 Å². The van der Waals surface area contributed by atoms with Gasteiger partial charge in [0.1, 0.15) is 18.5 Å². The van der Waals surface area contributed by atoms with Gasteiger partial charge in [-0.05, 0) is 73.5 Å². The molecule has 0 radical (unpaired) electrons. The summed E-state index contributed by atoms with van der Waals surface area (Å²) in [7, 11) is 1.49. The van der Waals surface area contributed by atoms with Crippen LogP contribution < -0.4 is 20.1 Å². The molecular weight excluding hydrogens is 719 g/mol. The fraction of sp³-hybridized carbons (Fsp3) is 0.273. The number of fused-ring (bicyclic) bond motifs is 1. The molecule has 0 spiro atoms. The highest BCUT2D eigenvalue weighted by Gasteiger charge is 2.27. The van der Waals surface area contributed by atoms with Crippen molar-refractivity contribution in [3.8, 4) is 11.5 Å². The third-order valence-corrected chi connectivity index (χ3v) is 8.09. The van der Waals surface area contributed by atoms with Crippen molar-refractivity contribution in [2.24, 2.45) is 0 Å². The van der Waals surface area contributed by atoms with Gasteiger partial charge in [0.2, 0.25) is 0 Å². The van der Waals surface area contributed by atoms with Gasteiger partial charge < -0.3 is 30.0 Å². The van der Waals surface area contributed by atoms with Crippen LogP contribution in [0, 0.1) is 17.0 Å². The van der Waals surface area contributed by atoms with Crippen molar-refractivity contribution in [3.05, 3.63) is 98.7 Å². The molecule has 1 aromatic heterocycles. The molecule has 0 saturated heterocycles. The molecule has 2 atom stereocenters. The summed E-state index contributed by atoms with van der Waals surface area (Å²) in [6.07, 6.45) is -2.35. The molecule has 50 heavy (non-hydrogen) atoms. The SMILES string of the molecule is COc1ccc2c(c1)c(OC(=O)CCCNC(=O)OCC(NC(=O)C(Cl)Cl)C(O)c1ccc([N+](=O)[O-])cc1)c(C)n2C(=O)c1ccc(Cl)cc1. The molecule has 0 aliphatic heterocycles. The Kier molecular flexibility index (Phi) is 13.0. The van der Waals surface area contributed by atoms with Crippen molar-refractivity contribution in [2.45, 2.75) is 36.7 Å². The summed E-state index contributed by atoms with van der Waals surface area (Å²) < 4.78 is 17.6. The number of rotatable bonds is 14. The summed E-state index contributed by atoms with van der Waals surface area (Å²) in [5.41, 5.74) is 1.23. The Bertz CT molecular complexity index is 1880. The standard InChI is InChI=1S/C33H31Cl3N4O10/c1-18-29(24-16-23(48-2)13-14-26(24)39(18)32(44)20-5-9-21(34)10-6-20)50-27(41)4-3-15-37-33(45)49-17-25(38-31(43)30(35)36)28(42)19-7-11-22(12-8-19)40(46)47/h5-14,16,25,28,30,42H,3-4,15,17H2,1-2H3,(H,37,45)(H,38,43). The number of hydrogen-bond acceptors (Lipinski definition) is 10. The molecule has 2 unspecified atom stereocenters. The monoisotopic (exact) mass is 748 g/mol. The highest BCUT2D eigenvalue weighted by atomic mass is 35.5. The van der Waals surface area contributed by atoms with Crippen LogP contribution in [0.4, 0.5) is 10.5 Å². The first-order valence-electron chi connectivity index (χ1n) is 14.9. The van der Waals surface area contributed by atoms with E-state index in [4.69, 9.17) is 49.0 Å². The number of nitro benzene ring substituents is 1. The maximum absolute atomic E-state index is 13.5. The molecule has 2 amide bonds. The Morgan fingerprint density at radius 3 is 2.32 bits per heavy atom. The van der Waals surface area contributed by atoms with Gasteiger partial charge in [0.15, 0.2) is 10.6 Å². The van der Waals surface area contributed by atoms with Crippen molar-refractivity contribution in [3.63, 3.8) is 0 Å². The van der Waals surface area contributed by atoms with E-state index in [1.165, 1.54) is 35.9 Å². The van der Waals surface area contributed by atoms with E-state index in [0.29, 0.717) is 32.9 Å². The Morgan fingerprint density at radius 2 is 1.70 bits per heavy atom. The molecule has 0 fully saturated rings. The number of carbonyl (C=O) groups is 4.